The molecule has 0 spiro atoms. The Morgan fingerprint density at radius 2 is 1.81 bits per heavy atom. The van der Waals surface area contributed by atoms with Gasteiger partial charge in [-0.25, -0.2) is 18.7 Å². The first kappa shape index (κ1) is 24.2. The van der Waals surface area contributed by atoms with Crippen LogP contribution in [-0.2, 0) is 0 Å². The zero-order valence-corrected chi connectivity index (χ0v) is 20.5. The molecule has 0 radical (unpaired) electrons. The number of amides is 1. The second-order valence-corrected chi connectivity index (χ2v) is 8.88. The Kier molecular flexibility index (Phi) is 6.44. The number of hydrogen-bond donors (Lipinski definition) is 1. The lowest BCUT2D eigenvalue weighted by Crippen LogP contribution is -2.14. The quantitative estimate of drug-likeness (QED) is 0.335. The first-order valence-corrected chi connectivity index (χ1v) is 11.7. The molecule has 0 atom stereocenters. The largest absolute Gasteiger partial charge is 0.479 e. The third kappa shape index (κ3) is 4.93. The predicted octanol–water partition coefficient (Wildman–Crippen LogP) is 4.82. The van der Waals surface area contributed by atoms with E-state index in [0.717, 1.165) is 28.7 Å². The number of carbonyl (C=O) groups excluding carboxylic acids is 1. The van der Waals surface area contributed by atoms with Crippen LogP contribution < -0.4 is 10.1 Å². The van der Waals surface area contributed by atoms with Crippen molar-refractivity contribution in [2.75, 3.05) is 12.4 Å². The van der Waals surface area contributed by atoms with Crippen molar-refractivity contribution in [2.24, 2.45) is 0 Å². The summed E-state index contributed by atoms with van der Waals surface area (Å²) in [6, 6.07) is 6.47. The Bertz CT molecular complexity index is 1640. The molecule has 5 aromatic heterocycles. The number of thiazole rings is 1. The molecule has 0 saturated heterocycles. The van der Waals surface area contributed by atoms with Gasteiger partial charge in [-0.1, -0.05) is 11.3 Å². The summed E-state index contributed by atoms with van der Waals surface area (Å²) >= 11 is 1.15. The molecule has 0 aliphatic heterocycles. The molecule has 0 bridgehead atoms. The summed E-state index contributed by atoms with van der Waals surface area (Å²) in [6.45, 7) is 3.60. The highest BCUT2D eigenvalue weighted by atomic mass is 32.1. The van der Waals surface area contributed by atoms with Crippen LogP contribution in [0.3, 0.4) is 0 Å². The molecular formula is C24H18F2N8O2S. The Morgan fingerprint density at radius 1 is 1.00 bits per heavy atom. The first-order valence-electron chi connectivity index (χ1n) is 10.9. The first-order chi connectivity index (χ1) is 17.8. The Hall–Kier alpha value is -4.52. The summed E-state index contributed by atoms with van der Waals surface area (Å²) in [5.74, 6) is -0.555. The minimum Gasteiger partial charge on any atom is -0.479 e. The molecule has 10 nitrogen and oxygen atoms in total. The van der Waals surface area contributed by atoms with Crippen molar-refractivity contribution < 1.29 is 18.3 Å². The number of nitrogens with one attached hydrogen (secondary N) is 1. The van der Waals surface area contributed by atoms with Gasteiger partial charge in [-0.05, 0) is 38.1 Å². The summed E-state index contributed by atoms with van der Waals surface area (Å²) in [7, 11) is 1.34. The van der Waals surface area contributed by atoms with E-state index in [1.807, 2.05) is 19.1 Å². The molecule has 1 N–H and O–H groups in total. The van der Waals surface area contributed by atoms with E-state index in [-0.39, 0.29) is 22.1 Å². The van der Waals surface area contributed by atoms with Crippen molar-refractivity contribution in [1.29, 1.82) is 0 Å². The highest BCUT2D eigenvalue weighted by molar-refractivity contribution is 7.21. The molecular weight excluding hydrogens is 502 g/mol. The number of hydrogen-bond acceptors (Lipinski definition) is 10. The minimum atomic E-state index is -2.85. The van der Waals surface area contributed by atoms with E-state index < -0.39 is 18.0 Å². The maximum atomic E-state index is 13.3. The molecule has 0 saturated carbocycles. The lowest BCUT2D eigenvalue weighted by molar-refractivity contribution is 0.102. The van der Waals surface area contributed by atoms with Gasteiger partial charge in [0.15, 0.2) is 15.6 Å². The van der Waals surface area contributed by atoms with Crippen LogP contribution >= 0.6 is 11.3 Å². The summed E-state index contributed by atoms with van der Waals surface area (Å²) in [4.78, 5) is 35.5. The van der Waals surface area contributed by atoms with Gasteiger partial charge in [0.2, 0.25) is 5.88 Å². The zero-order valence-electron chi connectivity index (χ0n) is 19.7. The van der Waals surface area contributed by atoms with Crippen LogP contribution in [0, 0.1) is 13.8 Å². The van der Waals surface area contributed by atoms with Gasteiger partial charge in [-0.15, -0.1) is 10.2 Å². The minimum absolute atomic E-state index is 0.00341. The van der Waals surface area contributed by atoms with Gasteiger partial charge in [0, 0.05) is 40.5 Å². The molecule has 0 aliphatic carbocycles. The average Bonchev–Trinajstić information content (AvgIpc) is 3.29. The highest BCUT2D eigenvalue weighted by Crippen LogP contribution is 2.34. The van der Waals surface area contributed by atoms with Gasteiger partial charge in [-0.3, -0.25) is 20.1 Å². The molecule has 13 heteroatoms. The summed E-state index contributed by atoms with van der Waals surface area (Å²) in [6.07, 6.45) is 1.81. The maximum absolute atomic E-state index is 13.3. The van der Waals surface area contributed by atoms with Gasteiger partial charge < -0.3 is 4.74 Å². The monoisotopic (exact) mass is 520 g/mol. The average molecular weight is 521 g/mol. The molecule has 5 rings (SSSR count). The number of anilines is 1. The van der Waals surface area contributed by atoms with Crippen molar-refractivity contribution in [1.82, 2.24) is 35.1 Å². The fraction of sp³-hybridized carbons (Fsp3) is 0.167. The van der Waals surface area contributed by atoms with Gasteiger partial charge in [0.25, 0.3) is 12.3 Å². The Labute approximate surface area is 212 Å². The molecule has 0 fully saturated rings. The van der Waals surface area contributed by atoms with E-state index in [1.54, 1.807) is 25.4 Å². The van der Waals surface area contributed by atoms with Gasteiger partial charge in [0.1, 0.15) is 5.69 Å². The third-order valence-corrected chi connectivity index (χ3v) is 6.16. The number of rotatable bonds is 6. The Balaban J connectivity index is 1.49. The number of pyridine rings is 2. The highest BCUT2D eigenvalue weighted by Gasteiger charge is 2.22. The van der Waals surface area contributed by atoms with Crippen LogP contribution in [0.1, 0.15) is 33.9 Å². The molecule has 37 heavy (non-hydrogen) atoms. The number of aromatic nitrogens is 7. The second-order valence-electron chi connectivity index (χ2n) is 7.91. The van der Waals surface area contributed by atoms with Crippen LogP contribution in [0.25, 0.3) is 32.9 Å². The van der Waals surface area contributed by atoms with E-state index in [4.69, 9.17) is 4.74 Å². The summed E-state index contributed by atoms with van der Waals surface area (Å²) < 4.78 is 31.9. The fourth-order valence-electron chi connectivity index (χ4n) is 3.59. The van der Waals surface area contributed by atoms with Crippen molar-refractivity contribution in [3.63, 3.8) is 0 Å². The Morgan fingerprint density at radius 3 is 2.57 bits per heavy atom. The summed E-state index contributed by atoms with van der Waals surface area (Å²) in [5.41, 5.74) is 3.37. The SMILES string of the molecule is COc1nnc(C(F)F)cc1-c1cc(C)ncc1C(=O)Nc1nc2ncc(-c3ccnc(C)c3)nc2s1. The van der Waals surface area contributed by atoms with Crippen LogP contribution in [0.5, 0.6) is 5.88 Å². The predicted molar refractivity (Wildman–Crippen MR) is 133 cm³/mol. The van der Waals surface area contributed by atoms with E-state index in [2.05, 4.69) is 40.4 Å². The number of carbonyl (C=O) groups is 1. The molecule has 5 aromatic rings. The number of fused-ring (bicyclic) bond motifs is 1. The number of alkyl halides is 2. The van der Waals surface area contributed by atoms with Crippen molar-refractivity contribution in [3.8, 4) is 28.3 Å². The molecule has 5 heterocycles. The number of nitrogens with zero attached hydrogens (tertiary/aromatic N) is 7. The van der Waals surface area contributed by atoms with Gasteiger partial charge >= 0.3 is 0 Å². The van der Waals surface area contributed by atoms with Crippen molar-refractivity contribution >= 4 is 32.9 Å². The molecule has 0 unspecified atom stereocenters. The van der Waals surface area contributed by atoms with Crippen molar-refractivity contribution in [3.05, 3.63) is 65.5 Å². The zero-order chi connectivity index (χ0) is 26.1. The van der Waals surface area contributed by atoms with E-state index in [0.29, 0.717) is 27.4 Å². The molecule has 186 valence electrons. The number of methoxy groups -OCH3 is 1. The molecule has 1 amide bonds. The van der Waals surface area contributed by atoms with Gasteiger partial charge in [0.05, 0.1) is 24.6 Å². The second kappa shape index (κ2) is 9.85. The number of halogens is 2. The third-order valence-electron chi connectivity index (χ3n) is 5.31. The summed E-state index contributed by atoms with van der Waals surface area (Å²) in [5, 5.41) is 10.2. The van der Waals surface area contributed by atoms with Gasteiger partial charge in [-0.2, -0.15) is 4.98 Å². The standard InChI is InChI=1S/C24H18F2N8O2S/c1-11-6-13(4-5-27-11)18-10-29-20-23(30-18)37-24(31-20)32-21(35)16-9-28-12(2)7-14(16)15-8-17(19(25)26)33-34-22(15)36-3/h4-10,19H,1-3H3,(H,29,31,32,35). The van der Waals surface area contributed by atoms with Crippen LogP contribution in [-0.4, -0.2) is 48.1 Å². The maximum Gasteiger partial charge on any atom is 0.282 e. The normalized spacial score (nSPS) is 11.2. The number of aryl methyl sites for hydroxylation is 2. The van der Waals surface area contributed by atoms with E-state index >= 15 is 0 Å². The lowest BCUT2D eigenvalue weighted by Gasteiger charge is -2.13. The van der Waals surface area contributed by atoms with E-state index in [9.17, 15) is 13.6 Å². The van der Waals surface area contributed by atoms with E-state index in [1.165, 1.54) is 13.3 Å². The topological polar surface area (TPSA) is 129 Å². The molecule has 0 aliphatic rings. The molecule has 0 aromatic carbocycles. The van der Waals surface area contributed by atoms with Crippen LogP contribution in [0.2, 0.25) is 0 Å². The fourth-order valence-corrected chi connectivity index (χ4v) is 4.39. The van der Waals surface area contributed by atoms with Crippen molar-refractivity contribution in [2.45, 2.75) is 20.3 Å². The van der Waals surface area contributed by atoms with Crippen LogP contribution in [0.4, 0.5) is 13.9 Å². The lowest BCUT2D eigenvalue weighted by atomic mass is 10.0. The number of ether oxygens (including phenoxy) is 1. The smallest absolute Gasteiger partial charge is 0.282 e. The van der Waals surface area contributed by atoms with Crippen LogP contribution in [0.15, 0.2) is 42.9 Å².